The highest BCUT2D eigenvalue weighted by molar-refractivity contribution is 7.16. The van der Waals surface area contributed by atoms with Crippen molar-refractivity contribution in [3.8, 4) is 28.0 Å². The lowest BCUT2D eigenvalue weighted by atomic mass is 9.99. The molecule has 0 radical (unpaired) electrons. The molecule has 30 heavy (non-hydrogen) atoms. The van der Waals surface area contributed by atoms with Crippen molar-refractivity contribution in [2.45, 2.75) is 13.5 Å². The number of nitriles is 1. The molecule has 4 aromatic rings. The summed E-state index contributed by atoms with van der Waals surface area (Å²) in [5.74, 6) is 0.0592. The molecule has 146 valence electrons. The van der Waals surface area contributed by atoms with Gasteiger partial charge in [0.2, 0.25) is 0 Å². The smallest absolute Gasteiger partial charge is 0.350 e. The fourth-order valence-electron chi connectivity index (χ4n) is 2.92. The van der Waals surface area contributed by atoms with Crippen LogP contribution in [0, 0.1) is 18.3 Å². The van der Waals surface area contributed by atoms with E-state index in [9.17, 15) is 10.1 Å². The first-order valence-electron chi connectivity index (χ1n) is 9.16. The number of esters is 1. The molecule has 0 aliphatic carbocycles. The number of thiazole rings is 1. The maximum atomic E-state index is 12.5. The summed E-state index contributed by atoms with van der Waals surface area (Å²) >= 11 is 1.22. The molecule has 0 unspecified atom stereocenters. The van der Waals surface area contributed by atoms with Gasteiger partial charge in [-0.25, -0.2) is 19.7 Å². The van der Waals surface area contributed by atoms with Gasteiger partial charge in [0.25, 0.3) is 0 Å². The Morgan fingerprint density at radius 1 is 1.07 bits per heavy atom. The summed E-state index contributed by atoms with van der Waals surface area (Å²) in [5.41, 5.74) is 3.88. The van der Waals surface area contributed by atoms with E-state index in [1.54, 1.807) is 31.5 Å². The molecule has 0 spiro atoms. The number of nitrogens with zero attached hydrogens (tertiary/aromatic N) is 4. The summed E-state index contributed by atoms with van der Waals surface area (Å²) in [6.45, 7) is 1.91. The molecule has 0 saturated carbocycles. The third-order valence-electron chi connectivity index (χ3n) is 4.42. The van der Waals surface area contributed by atoms with Gasteiger partial charge in [-0.15, -0.1) is 11.3 Å². The molecular formula is C23H16N4O2S. The number of hydrogen-bond acceptors (Lipinski definition) is 7. The number of rotatable bonds is 5. The second-order valence-corrected chi connectivity index (χ2v) is 7.44. The van der Waals surface area contributed by atoms with E-state index < -0.39 is 5.97 Å². The van der Waals surface area contributed by atoms with Gasteiger partial charge in [0.15, 0.2) is 10.8 Å². The quantitative estimate of drug-likeness (QED) is 0.437. The summed E-state index contributed by atoms with van der Waals surface area (Å²) < 4.78 is 5.47. The van der Waals surface area contributed by atoms with Crippen molar-refractivity contribution >= 4 is 17.3 Å². The Labute approximate surface area is 177 Å². The van der Waals surface area contributed by atoms with Gasteiger partial charge in [-0.3, -0.25) is 0 Å². The lowest BCUT2D eigenvalue weighted by Crippen LogP contribution is -2.04. The number of aryl methyl sites for hydroxylation is 1. The van der Waals surface area contributed by atoms with Crippen LogP contribution < -0.4 is 0 Å². The van der Waals surface area contributed by atoms with Crippen LogP contribution in [0.4, 0.5) is 0 Å². The Hall–Kier alpha value is -3.89. The predicted octanol–water partition coefficient (Wildman–Crippen LogP) is 4.80. The molecule has 0 atom stereocenters. The van der Waals surface area contributed by atoms with Crippen molar-refractivity contribution in [2.75, 3.05) is 0 Å². The van der Waals surface area contributed by atoms with Crippen molar-refractivity contribution < 1.29 is 9.53 Å². The molecule has 0 bridgehead atoms. The van der Waals surface area contributed by atoms with Crippen LogP contribution in [0.5, 0.6) is 0 Å². The largest absolute Gasteiger partial charge is 0.457 e. The molecule has 0 N–H and O–H groups in total. The van der Waals surface area contributed by atoms with Gasteiger partial charge < -0.3 is 4.74 Å². The highest BCUT2D eigenvalue weighted by Gasteiger charge is 2.18. The van der Waals surface area contributed by atoms with Crippen LogP contribution in [-0.2, 0) is 11.3 Å². The maximum Gasteiger partial charge on any atom is 0.350 e. The number of hydrogen-bond donors (Lipinski definition) is 0. The Bertz CT molecular complexity index is 1230. The van der Waals surface area contributed by atoms with E-state index in [1.165, 1.54) is 11.3 Å². The maximum absolute atomic E-state index is 12.5. The van der Waals surface area contributed by atoms with Gasteiger partial charge in [0.1, 0.15) is 11.5 Å². The average molecular weight is 412 g/mol. The fraction of sp³-hybridized carbons (Fsp3) is 0.0870. The second-order valence-electron chi connectivity index (χ2n) is 6.44. The molecule has 4 rings (SSSR count). The zero-order valence-electron chi connectivity index (χ0n) is 16.1. The first kappa shape index (κ1) is 19.4. The molecule has 0 fully saturated rings. The van der Waals surface area contributed by atoms with E-state index in [2.05, 4.69) is 21.0 Å². The number of carbonyl (C=O) groups excluding carboxylic acids is 1. The third kappa shape index (κ3) is 4.09. The lowest BCUT2D eigenvalue weighted by Gasteiger charge is -2.07. The monoisotopic (exact) mass is 412 g/mol. The van der Waals surface area contributed by atoms with E-state index in [0.717, 1.165) is 16.7 Å². The van der Waals surface area contributed by atoms with Crippen LogP contribution in [-0.4, -0.2) is 20.9 Å². The predicted molar refractivity (Wildman–Crippen MR) is 114 cm³/mol. The Morgan fingerprint density at radius 3 is 2.53 bits per heavy atom. The average Bonchev–Trinajstić information content (AvgIpc) is 3.20. The van der Waals surface area contributed by atoms with Crippen LogP contribution in [0.1, 0.15) is 26.5 Å². The van der Waals surface area contributed by atoms with Gasteiger partial charge in [-0.05, 0) is 35.7 Å². The summed E-state index contributed by atoms with van der Waals surface area (Å²) in [4.78, 5) is 25.7. The van der Waals surface area contributed by atoms with Crippen LogP contribution in [0.2, 0.25) is 0 Å². The van der Waals surface area contributed by atoms with Gasteiger partial charge in [0, 0.05) is 12.4 Å². The summed E-state index contributed by atoms with van der Waals surface area (Å²) in [7, 11) is 0. The molecule has 2 heterocycles. The Balaban J connectivity index is 1.45. The van der Waals surface area contributed by atoms with E-state index >= 15 is 0 Å². The SMILES string of the molecule is Cc1nc(-c2ncccn2)sc1C(=O)OCc1ccc(-c2ccccc2C#N)cc1. The van der Waals surface area contributed by atoms with Crippen molar-refractivity contribution in [1.29, 1.82) is 5.26 Å². The molecule has 0 amide bonds. The van der Waals surface area contributed by atoms with Crippen molar-refractivity contribution in [3.05, 3.63) is 88.7 Å². The van der Waals surface area contributed by atoms with E-state index in [1.807, 2.05) is 42.5 Å². The normalized spacial score (nSPS) is 10.4. The fourth-order valence-corrected chi connectivity index (χ4v) is 3.83. The molecule has 2 aromatic carbocycles. The van der Waals surface area contributed by atoms with Gasteiger partial charge in [-0.1, -0.05) is 42.5 Å². The topological polar surface area (TPSA) is 88.8 Å². The first-order chi connectivity index (χ1) is 14.7. The zero-order valence-corrected chi connectivity index (χ0v) is 16.9. The summed E-state index contributed by atoms with van der Waals surface area (Å²) in [6, 6.07) is 19.0. The minimum absolute atomic E-state index is 0.146. The zero-order chi connectivity index (χ0) is 20.9. The molecule has 0 saturated heterocycles. The first-order valence-corrected chi connectivity index (χ1v) is 9.98. The second kappa shape index (κ2) is 8.64. The van der Waals surface area contributed by atoms with E-state index in [4.69, 9.17) is 4.74 Å². The molecule has 0 aliphatic rings. The van der Waals surface area contributed by atoms with Crippen LogP contribution in [0.3, 0.4) is 0 Å². The van der Waals surface area contributed by atoms with Crippen LogP contribution in [0.25, 0.3) is 22.0 Å². The Morgan fingerprint density at radius 2 is 1.80 bits per heavy atom. The molecular weight excluding hydrogens is 396 g/mol. The van der Waals surface area contributed by atoms with Gasteiger partial charge >= 0.3 is 5.97 Å². The number of benzene rings is 2. The summed E-state index contributed by atoms with van der Waals surface area (Å²) in [6.07, 6.45) is 3.27. The standard InChI is InChI=1S/C23H16N4O2S/c1-15-20(30-22(27-15)21-25-11-4-12-26-21)23(28)29-14-16-7-9-17(10-8-16)19-6-3-2-5-18(19)13-24/h2-12H,14H2,1H3. The van der Waals surface area contributed by atoms with Crippen molar-refractivity contribution in [2.24, 2.45) is 0 Å². The molecule has 0 aliphatic heterocycles. The molecule has 6 nitrogen and oxygen atoms in total. The number of aromatic nitrogens is 3. The van der Waals surface area contributed by atoms with Gasteiger partial charge in [0.05, 0.1) is 17.3 Å². The van der Waals surface area contributed by atoms with E-state index in [-0.39, 0.29) is 6.61 Å². The van der Waals surface area contributed by atoms with Gasteiger partial charge in [-0.2, -0.15) is 5.26 Å². The van der Waals surface area contributed by atoms with Crippen molar-refractivity contribution in [3.63, 3.8) is 0 Å². The summed E-state index contributed by atoms with van der Waals surface area (Å²) in [5, 5.41) is 9.85. The minimum Gasteiger partial charge on any atom is -0.457 e. The lowest BCUT2D eigenvalue weighted by molar-refractivity contribution is 0.0477. The highest BCUT2D eigenvalue weighted by atomic mass is 32.1. The third-order valence-corrected chi connectivity index (χ3v) is 5.55. The highest BCUT2D eigenvalue weighted by Crippen LogP contribution is 2.27. The molecule has 7 heteroatoms. The van der Waals surface area contributed by atoms with E-state index in [0.29, 0.717) is 27.0 Å². The van der Waals surface area contributed by atoms with Crippen LogP contribution in [0.15, 0.2) is 67.0 Å². The van der Waals surface area contributed by atoms with Crippen LogP contribution >= 0.6 is 11.3 Å². The minimum atomic E-state index is -0.425. The molecule has 2 aromatic heterocycles. The Kier molecular flexibility index (Phi) is 5.59. The number of carbonyl (C=O) groups is 1. The number of ether oxygens (including phenoxy) is 1. The van der Waals surface area contributed by atoms with Crippen molar-refractivity contribution in [1.82, 2.24) is 15.0 Å².